The van der Waals surface area contributed by atoms with Crippen molar-refractivity contribution < 1.29 is 14.7 Å². The number of rotatable bonds is 3. The van der Waals surface area contributed by atoms with E-state index in [-0.39, 0.29) is 11.5 Å². The molecule has 118 valence electrons. The van der Waals surface area contributed by atoms with E-state index in [0.717, 1.165) is 25.9 Å². The van der Waals surface area contributed by atoms with Crippen molar-refractivity contribution in [2.24, 2.45) is 0 Å². The van der Waals surface area contributed by atoms with Gasteiger partial charge in [0.05, 0.1) is 0 Å². The first kappa shape index (κ1) is 15.0. The summed E-state index contributed by atoms with van der Waals surface area (Å²) in [5.74, 6) is -1.30. The third kappa shape index (κ3) is 3.01. The Bertz CT molecular complexity index is 819. The summed E-state index contributed by atoms with van der Waals surface area (Å²) >= 11 is 0. The van der Waals surface area contributed by atoms with Crippen LogP contribution in [0, 0.1) is 0 Å². The molecular formula is C17H16N2O4. The lowest BCUT2D eigenvalue weighted by Crippen LogP contribution is -2.27. The average Bonchev–Trinajstić information content (AvgIpc) is 3.09. The zero-order valence-electron chi connectivity index (χ0n) is 12.4. The standard InChI is InChI=1S/C17H16N2O4/c20-15-14(17(22)23)9-13(10-18-15)11-4-3-5-12(8-11)16(21)19-6-1-2-7-19/h3-5,8-10H,1-2,6-7H2,(H,18,20)(H,22,23). The van der Waals surface area contributed by atoms with Gasteiger partial charge in [0.2, 0.25) is 0 Å². The number of aromatic amines is 1. The molecule has 1 aliphatic heterocycles. The Balaban J connectivity index is 1.96. The molecule has 1 aromatic carbocycles. The van der Waals surface area contributed by atoms with Gasteiger partial charge in [-0.25, -0.2) is 4.79 Å². The first-order valence-electron chi connectivity index (χ1n) is 7.42. The molecule has 23 heavy (non-hydrogen) atoms. The molecule has 1 saturated heterocycles. The van der Waals surface area contributed by atoms with E-state index in [1.54, 1.807) is 24.3 Å². The molecule has 0 aliphatic carbocycles. The fourth-order valence-electron chi connectivity index (χ4n) is 2.74. The van der Waals surface area contributed by atoms with Gasteiger partial charge in [0, 0.05) is 24.8 Å². The normalized spacial score (nSPS) is 14.0. The third-order valence-corrected chi connectivity index (χ3v) is 3.97. The zero-order chi connectivity index (χ0) is 16.4. The minimum atomic E-state index is -1.28. The Morgan fingerprint density at radius 2 is 1.83 bits per heavy atom. The smallest absolute Gasteiger partial charge is 0.341 e. The highest BCUT2D eigenvalue weighted by atomic mass is 16.4. The number of aromatic carboxylic acids is 1. The zero-order valence-corrected chi connectivity index (χ0v) is 12.4. The van der Waals surface area contributed by atoms with Crippen molar-refractivity contribution in [2.75, 3.05) is 13.1 Å². The molecular weight excluding hydrogens is 296 g/mol. The number of H-pyrrole nitrogens is 1. The van der Waals surface area contributed by atoms with E-state index >= 15 is 0 Å². The van der Waals surface area contributed by atoms with Crippen LogP contribution in [0.4, 0.5) is 0 Å². The second kappa shape index (κ2) is 6.08. The van der Waals surface area contributed by atoms with Gasteiger partial charge in [-0.05, 0) is 42.2 Å². The van der Waals surface area contributed by atoms with Crippen LogP contribution in [0.5, 0.6) is 0 Å². The van der Waals surface area contributed by atoms with E-state index in [1.807, 2.05) is 4.90 Å². The number of nitrogens with zero attached hydrogens (tertiary/aromatic N) is 1. The minimum Gasteiger partial charge on any atom is -0.477 e. The Kier molecular flexibility index (Phi) is 3.97. The Labute approximate surface area is 132 Å². The van der Waals surface area contributed by atoms with Gasteiger partial charge in [-0.1, -0.05) is 12.1 Å². The molecule has 2 heterocycles. The van der Waals surface area contributed by atoms with Crippen molar-refractivity contribution >= 4 is 11.9 Å². The van der Waals surface area contributed by atoms with Crippen LogP contribution in [0.2, 0.25) is 0 Å². The van der Waals surface area contributed by atoms with Crippen LogP contribution in [-0.2, 0) is 0 Å². The highest BCUT2D eigenvalue weighted by Crippen LogP contribution is 2.21. The highest BCUT2D eigenvalue weighted by molar-refractivity contribution is 5.96. The molecule has 1 fully saturated rings. The maximum absolute atomic E-state index is 12.4. The predicted molar refractivity (Wildman–Crippen MR) is 84.6 cm³/mol. The van der Waals surface area contributed by atoms with Crippen LogP contribution in [0.15, 0.2) is 41.3 Å². The van der Waals surface area contributed by atoms with Gasteiger partial charge in [0.15, 0.2) is 0 Å². The maximum atomic E-state index is 12.4. The van der Waals surface area contributed by atoms with E-state index < -0.39 is 11.5 Å². The van der Waals surface area contributed by atoms with E-state index in [1.165, 1.54) is 12.3 Å². The number of carbonyl (C=O) groups excluding carboxylic acids is 1. The van der Waals surface area contributed by atoms with Crippen LogP contribution in [0.25, 0.3) is 11.1 Å². The van der Waals surface area contributed by atoms with E-state index in [9.17, 15) is 14.4 Å². The first-order chi connectivity index (χ1) is 11.1. The number of pyridine rings is 1. The molecule has 0 unspecified atom stereocenters. The number of aromatic nitrogens is 1. The maximum Gasteiger partial charge on any atom is 0.341 e. The van der Waals surface area contributed by atoms with Crippen molar-refractivity contribution in [1.29, 1.82) is 0 Å². The molecule has 1 amide bonds. The van der Waals surface area contributed by atoms with Crippen LogP contribution in [-0.4, -0.2) is 40.0 Å². The SMILES string of the molecule is O=C(O)c1cc(-c2cccc(C(=O)N3CCCC3)c2)c[nH]c1=O. The van der Waals surface area contributed by atoms with Crippen LogP contribution in [0.3, 0.4) is 0 Å². The largest absolute Gasteiger partial charge is 0.477 e. The number of nitrogens with one attached hydrogen (secondary N) is 1. The Morgan fingerprint density at radius 1 is 1.09 bits per heavy atom. The average molecular weight is 312 g/mol. The fourth-order valence-corrected chi connectivity index (χ4v) is 2.74. The molecule has 0 radical (unpaired) electrons. The molecule has 0 atom stereocenters. The van der Waals surface area contributed by atoms with Gasteiger partial charge in [0.25, 0.3) is 11.5 Å². The fraction of sp³-hybridized carbons (Fsp3) is 0.235. The van der Waals surface area contributed by atoms with Crippen molar-refractivity contribution in [3.05, 3.63) is 58.0 Å². The van der Waals surface area contributed by atoms with E-state index in [2.05, 4.69) is 4.98 Å². The molecule has 0 saturated carbocycles. The van der Waals surface area contributed by atoms with Crippen LogP contribution < -0.4 is 5.56 Å². The summed E-state index contributed by atoms with van der Waals surface area (Å²) in [4.78, 5) is 39.2. The molecule has 6 heteroatoms. The van der Waals surface area contributed by atoms with E-state index in [0.29, 0.717) is 16.7 Å². The summed E-state index contributed by atoms with van der Waals surface area (Å²) in [6.07, 6.45) is 3.49. The number of likely N-dealkylation sites (tertiary alicyclic amines) is 1. The monoisotopic (exact) mass is 312 g/mol. The van der Waals surface area contributed by atoms with Gasteiger partial charge in [-0.15, -0.1) is 0 Å². The topological polar surface area (TPSA) is 90.5 Å². The summed E-state index contributed by atoms with van der Waals surface area (Å²) in [7, 11) is 0. The van der Waals surface area contributed by atoms with Crippen molar-refractivity contribution in [3.8, 4) is 11.1 Å². The molecule has 6 nitrogen and oxygen atoms in total. The molecule has 3 rings (SSSR count). The lowest BCUT2D eigenvalue weighted by Gasteiger charge is -2.15. The van der Waals surface area contributed by atoms with Gasteiger partial charge < -0.3 is 15.0 Å². The van der Waals surface area contributed by atoms with Crippen molar-refractivity contribution in [3.63, 3.8) is 0 Å². The van der Waals surface area contributed by atoms with Gasteiger partial charge in [-0.3, -0.25) is 9.59 Å². The van der Waals surface area contributed by atoms with Crippen LogP contribution in [0.1, 0.15) is 33.6 Å². The molecule has 0 spiro atoms. The highest BCUT2D eigenvalue weighted by Gasteiger charge is 2.20. The van der Waals surface area contributed by atoms with E-state index in [4.69, 9.17) is 5.11 Å². The summed E-state index contributed by atoms with van der Waals surface area (Å²) in [6, 6.07) is 8.32. The lowest BCUT2D eigenvalue weighted by atomic mass is 10.0. The number of carbonyl (C=O) groups is 2. The molecule has 0 bridgehead atoms. The molecule has 2 N–H and O–H groups in total. The van der Waals surface area contributed by atoms with Gasteiger partial charge in [0.1, 0.15) is 5.56 Å². The van der Waals surface area contributed by atoms with Gasteiger partial charge >= 0.3 is 5.97 Å². The van der Waals surface area contributed by atoms with Crippen molar-refractivity contribution in [1.82, 2.24) is 9.88 Å². The Morgan fingerprint density at radius 3 is 2.52 bits per heavy atom. The molecule has 1 aromatic heterocycles. The van der Waals surface area contributed by atoms with Crippen LogP contribution >= 0.6 is 0 Å². The first-order valence-corrected chi connectivity index (χ1v) is 7.42. The Hall–Kier alpha value is -2.89. The molecule has 2 aromatic rings. The van der Waals surface area contributed by atoms with Gasteiger partial charge in [-0.2, -0.15) is 0 Å². The molecule has 1 aliphatic rings. The number of hydrogen-bond donors (Lipinski definition) is 2. The number of amides is 1. The second-order valence-corrected chi connectivity index (χ2v) is 5.52. The third-order valence-electron chi connectivity index (χ3n) is 3.97. The summed E-state index contributed by atoms with van der Waals surface area (Å²) in [5, 5.41) is 9.04. The second-order valence-electron chi connectivity index (χ2n) is 5.52. The quantitative estimate of drug-likeness (QED) is 0.906. The number of hydrogen-bond acceptors (Lipinski definition) is 3. The summed E-state index contributed by atoms with van der Waals surface area (Å²) in [5.41, 5.74) is 0.837. The predicted octanol–water partition coefficient (Wildman–Crippen LogP) is 1.98. The number of carboxylic acids is 1. The lowest BCUT2D eigenvalue weighted by molar-refractivity contribution is 0.0694. The summed E-state index contributed by atoms with van der Waals surface area (Å²) in [6.45, 7) is 1.54. The number of benzene rings is 1. The minimum absolute atomic E-state index is 0.0211. The summed E-state index contributed by atoms with van der Waals surface area (Å²) < 4.78 is 0. The number of carboxylic acid groups (broad SMARTS) is 1. The van der Waals surface area contributed by atoms with Crippen molar-refractivity contribution in [2.45, 2.75) is 12.8 Å².